The van der Waals surface area contributed by atoms with Gasteiger partial charge in [-0.3, -0.25) is 14.9 Å². The third kappa shape index (κ3) is 6.57. The van der Waals surface area contributed by atoms with Crippen LogP contribution in [0.5, 0.6) is 0 Å². The second-order valence-electron chi connectivity index (χ2n) is 4.69. The molecule has 0 saturated heterocycles. The zero-order valence-electron chi connectivity index (χ0n) is 13.0. The molecule has 0 aliphatic heterocycles. The molecule has 0 saturated carbocycles. The summed E-state index contributed by atoms with van der Waals surface area (Å²) in [7, 11) is 0. The van der Waals surface area contributed by atoms with Crippen molar-refractivity contribution in [1.29, 1.82) is 0 Å². The number of carbonyl (C=O) groups is 2. The van der Waals surface area contributed by atoms with Gasteiger partial charge in [0.25, 0.3) is 0 Å². The van der Waals surface area contributed by atoms with Crippen LogP contribution in [0.2, 0.25) is 0 Å². The first-order chi connectivity index (χ1) is 8.99. The Hall–Kier alpha value is -1.10. The number of likely N-dealkylation sites (N-methyl/N-ethyl adjacent to an activating group) is 1. The van der Waals surface area contributed by atoms with Crippen LogP contribution in [0.15, 0.2) is 0 Å². The summed E-state index contributed by atoms with van der Waals surface area (Å²) >= 11 is 0. The Morgan fingerprint density at radius 2 is 1.58 bits per heavy atom. The molecule has 0 aromatic rings. The molecule has 1 unspecified atom stereocenters. The molecule has 2 amide bonds. The first-order valence-electron chi connectivity index (χ1n) is 7.31. The van der Waals surface area contributed by atoms with Crippen molar-refractivity contribution in [3.8, 4) is 0 Å². The molecule has 0 aliphatic rings. The van der Waals surface area contributed by atoms with Gasteiger partial charge in [0.05, 0.1) is 12.6 Å². The molecule has 5 heteroatoms. The highest BCUT2D eigenvalue weighted by atomic mass is 16.2. The fourth-order valence-electron chi connectivity index (χ4n) is 1.91. The van der Waals surface area contributed by atoms with E-state index in [0.717, 1.165) is 12.8 Å². The highest BCUT2D eigenvalue weighted by Crippen LogP contribution is 1.96. The van der Waals surface area contributed by atoms with Crippen molar-refractivity contribution in [3.63, 3.8) is 0 Å². The van der Waals surface area contributed by atoms with Gasteiger partial charge in [-0.05, 0) is 33.6 Å². The topological polar surface area (TPSA) is 61.4 Å². The maximum absolute atomic E-state index is 12.0. The Bertz CT molecular complexity index is 274. The van der Waals surface area contributed by atoms with Crippen LogP contribution in [-0.2, 0) is 9.59 Å². The third-order valence-corrected chi connectivity index (χ3v) is 3.37. The predicted molar refractivity (Wildman–Crippen MR) is 77.9 cm³/mol. The van der Waals surface area contributed by atoms with E-state index in [9.17, 15) is 9.59 Å². The summed E-state index contributed by atoms with van der Waals surface area (Å²) in [6.45, 7) is 11.4. The van der Waals surface area contributed by atoms with Gasteiger partial charge in [0.1, 0.15) is 0 Å². The van der Waals surface area contributed by atoms with Crippen LogP contribution in [0, 0.1) is 0 Å². The van der Waals surface area contributed by atoms with Gasteiger partial charge in [-0.1, -0.05) is 13.8 Å². The molecule has 19 heavy (non-hydrogen) atoms. The number of nitrogens with one attached hydrogen (secondary N) is 2. The highest BCUT2D eigenvalue weighted by molar-refractivity contribution is 5.83. The second kappa shape index (κ2) is 9.78. The summed E-state index contributed by atoms with van der Waals surface area (Å²) < 4.78 is 0. The number of hydrogen-bond donors (Lipinski definition) is 2. The minimum absolute atomic E-state index is 0.0420. The molecular formula is C14H29N3O2. The molecule has 0 aliphatic carbocycles. The first kappa shape index (κ1) is 17.9. The van der Waals surface area contributed by atoms with Crippen molar-refractivity contribution in [3.05, 3.63) is 0 Å². The van der Waals surface area contributed by atoms with Gasteiger partial charge in [0.15, 0.2) is 0 Å². The Kier molecular flexibility index (Phi) is 9.21. The molecule has 0 fully saturated rings. The molecule has 112 valence electrons. The Morgan fingerprint density at radius 3 is 2.00 bits per heavy atom. The number of carbonyl (C=O) groups excluding carboxylic acids is 2. The van der Waals surface area contributed by atoms with E-state index in [1.54, 1.807) is 11.8 Å². The van der Waals surface area contributed by atoms with E-state index in [4.69, 9.17) is 0 Å². The number of nitrogens with zero attached hydrogens (tertiary/aromatic N) is 1. The zero-order valence-corrected chi connectivity index (χ0v) is 13.0. The average Bonchev–Trinajstić information content (AvgIpc) is 2.43. The van der Waals surface area contributed by atoms with Gasteiger partial charge in [0, 0.05) is 19.1 Å². The fraction of sp³-hybridized carbons (Fsp3) is 0.857. The maximum atomic E-state index is 12.0. The van der Waals surface area contributed by atoms with E-state index in [-0.39, 0.29) is 30.4 Å². The summed E-state index contributed by atoms with van der Waals surface area (Å²) in [4.78, 5) is 25.5. The minimum Gasteiger partial charge on any atom is -0.352 e. The summed E-state index contributed by atoms with van der Waals surface area (Å²) in [5.41, 5.74) is 0. The van der Waals surface area contributed by atoms with E-state index in [2.05, 4.69) is 10.6 Å². The summed E-state index contributed by atoms with van der Waals surface area (Å²) in [5.74, 6) is -0.00627. The lowest BCUT2D eigenvalue weighted by Gasteiger charge is -2.23. The average molecular weight is 271 g/mol. The molecule has 0 rings (SSSR count). The molecule has 5 nitrogen and oxygen atoms in total. The molecule has 0 spiro atoms. The SMILES string of the molecule is CCC(CC)NC(=O)CNC(C)C(=O)N(CC)CC. The quantitative estimate of drug-likeness (QED) is 0.661. The van der Waals surface area contributed by atoms with Crippen molar-refractivity contribution in [1.82, 2.24) is 15.5 Å². The summed E-state index contributed by atoms with van der Waals surface area (Å²) in [6, 6.07) is -0.101. The Balaban J connectivity index is 4.11. The molecule has 0 aromatic carbocycles. The first-order valence-corrected chi connectivity index (χ1v) is 7.31. The van der Waals surface area contributed by atoms with Crippen molar-refractivity contribution < 1.29 is 9.59 Å². The van der Waals surface area contributed by atoms with E-state index in [1.165, 1.54) is 0 Å². The molecule has 0 heterocycles. The lowest BCUT2D eigenvalue weighted by Crippen LogP contribution is -2.48. The van der Waals surface area contributed by atoms with Crippen molar-refractivity contribution in [2.45, 2.75) is 59.5 Å². The van der Waals surface area contributed by atoms with Gasteiger partial charge in [0.2, 0.25) is 11.8 Å². The second-order valence-corrected chi connectivity index (χ2v) is 4.69. The number of rotatable bonds is 9. The maximum Gasteiger partial charge on any atom is 0.239 e. The molecule has 0 radical (unpaired) electrons. The van der Waals surface area contributed by atoms with E-state index >= 15 is 0 Å². The van der Waals surface area contributed by atoms with Gasteiger partial charge in [-0.25, -0.2) is 0 Å². The highest BCUT2D eigenvalue weighted by Gasteiger charge is 2.18. The summed E-state index contributed by atoms with van der Waals surface area (Å²) in [6.07, 6.45) is 1.85. The normalized spacial score (nSPS) is 12.3. The Morgan fingerprint density at radius 1 is 1.05 bits per heavy atom. The van der Waals surface area contributed by atoms with Gasteiger partial charge in [-0.2, -0.15) is 0 Å². The van der Waals surface area contributed by atoms with Crippen molar-refractivity contribution in [2.24, 2.45) is 0 Å². The standard InChI is InChI=1S/C14H29N3O2/c1-6-12(7-2)16-13(18)10-15-11(5)14(19)17(8-3)9-4/h11-12,15H,6-10H2,1-5H3,(H,16,18). The van der Waals surface area contributed by atoms with Crippen LogP contribution in [0.25, 0.3) is 0 Å². The van der Waals surface area contributed by atoms with E-state index in [0.29, 0.717) is 13.1 Å². The van der Waals surface area contributed by atoms with Crippen LogP contribution < -0.4 is 10.6 Å². The largest absolute Gasteiger partial charge is 0.352 e. The fourth-order valence-corrected chi connectivity index (χ4v) is 1.91. The zero-order chi connectivity index (χ0) is 14.8. The van der Waals surface area contributed by atoms with Crippen LogP contribution in [0.4, 0.5) is 0 Å². The number of amides is 2. The van der Waals surface area contributed by atoms with Crippen LogP contribution >= 0.6 is 0 Å². The lowest BCUT2D eigenvalue weighted by atomic mass is 10.2. The lowest BCUT2D eigenvalue weighted by molar-refractivity contribution is -0.132. The van der Waals surface area contributed by atoms with E-state index in [1.807, 2.05) is 27.7 Å². The van der Waals surface area contributed by atoms with Crippen molar-refractivity contribution >= 4 is 11.8 Å². The Labute approximate surface area is 117 Å². The molecule has 0 aromatic heterocycles. The molecule has 2 N–H and O–H groups in total. The van der Waals surface area contributed by atoms with Gasteiger partial charge < -0.3 is 10.2 Å². The monoisotopic (exact) mass is 271 g/mol. The third-order valence-electron chi connectivity index (χ3n) is 3.37. The molecular weight excluding hydrogens is 242 g/mol. The van der Waals surface area contributed by atoms with Crippen LogP contribution in [0.3, 0.4) is 0 Å². The molecule has 1 atom stereocenters. The predicted octanol–water partition coefficient (Wildman–Crippen LogP) is 1.14. The van der Waals surface area contributed by atoms with E-state index < -0.39 is 0 Å². The van der Waals surface area contributed by atoms with Crippen LogP contribution in [-0.4, -0.2) is 48.4 Å². The minimum atomic E-state index is -0.327. The van der Waals surface area contributed by atoms with Crippen molar-refractivity contribution in [2.75, 3.05) is 19.6 Å². The number of hydrogen-bond acceptors (Lipinski definition) is 3. The van der Waals surface area contributed by atoms with Gasteiger partial charge >= 0.3 is 0 Å². The molecule has 0 bridgehead atoms. The smallest absolute Gasteiger partial charge is 0.239 e. The van der Waals surface area contributed by atoms with Crippen LogP contribution in [0.1, 0.15) is 47.5 Å². The summed E-state index contributed by atoms with van der Waals surface area (Å²) in [5, 5.41) is 5.92. The van der Waals surface area contributed by atoms with Gasteiger partial charge in [-0.15, -0.1) is 0 Å².